The summed E-state index contributed by atoms with van der Waals surface area (Å²) in [6.45, 7) is 11.5. The number of hydrogen-bond acceptors (Lipinski definition) is 6. The van der Waals surface area contributed by atoms with Gasteiger partial charge in [0, 0.05) is 20.1 Å². The van der Waals surface area contributed by atoms with E-state index in [9.17, 15) is 9.90 Å². The van der Waals surface area contributed by atoms with Crippen molar-refractivity contribution in [3.63, 3.8) is 0 Å². The maximum atomic E-state index is 12.0. The second kappa shape index (κ2) is 42.1. The Morgan fingerprint density at radius 3 is 1.39 bits per heavy atom. The van der Waals surface area contributed by atoms with Gasteiger partial charge in [-0.3, -0.25) is 4.79 Å². The van der Waals surface area contributed by atoms with Crippen LogP contribution in [0, 0.1) is 0 Å². The summed E-state index contributed by atoms with van der Waals surface area (Å²) in [7, 11) is 1.79. The molecule has 0 saturated heterocycles. The van der Waals surface area contributed by atoms with Crippen molar-refractivity contribution in [3.05, 3.63) is 0 Å². The highest BCUT2D eigenvalue weighted by Crippen LogP contribution is 2.20. The van der Waals surface area contributed by atoms with Crippen molar-refractivity contribution in [2.75, 3.05) is 40.0 Å². The molecule has 1 atom stereocenters. The van der Waals surface area contributed by atoms with Crippen molar-refractivity contribution in [3.8, 4) is 0 Å². The summed E-state index contributed by atoms with van der Waals surface area (Å²) >= 11 is 0. The highest BCUT2D eigenvalue weighted by molar-refractivity contribution is 5.69. The van der Waals surface area contributed by atoms with Gasteiger partial charge >= 0.3 is 5.97 Å². The van der Waals surface area contributed by atoms with Gasteiger partial charge in [0.2, 0.25) is 0 Å². The SMILES string of the molecule is CCCCCCCCCOC(=O)CCCCCCCN(CCCCCCCC(O)OC(CCCCCCCC)CCCCCCCC)CCOC. The zero-order valence-corrected chi connectivity index (χ0v) is 35.1. The maximum absolute atomic E-state index is 12.0. The minimum Gasteiger partial charge on any atom is -0.466 e. The zero-order chi connectivity index (χ0) is 37.3. The monoisotopic (exact) mass is 726 g/mol. The normalized spacial score (nSPS) is 12.4. The van der Waals surface area contributed by atoms with E-state index in [4.69, 9.17) is 14.2 Å². The van der Waals surface area contributed by atoms with Gasteiger partial charge in [-0.1, -0.05) is 175 Å². The molecule has 0 aromatic rings. The summed E-state index contributed by atoms with van der Waals surface area (Å²) in [6.07, 6.45) is 39.3. The van der Waals surface area contributed by atoms with Crippen molar-refractivity contribution in [2.24, 2.45) is 0 Å². The Morgan fingerprint density at radius 2 is 0.902 bits per heavy atom. The number of carbonyl (C=O) groups is 1. The van der Waals surface area contributed by atoms with Gasteiger partial charge < -0.3 is 24.2 Å². The molecule has 306 valence electrons. The lowest BCUT2D eigenvalue weighted by Crippen LogP contribution is -2.29. The van der Waals surface area contributed by atoms with Gasteiger partial charge in [0.25, 0.3) is 0 Å². The number of unbranched alkanes of at least 4 members (excludes halogenated alkanes) is 24. The Hall–Kier alpha value is -0.690. The molecule has 0 heterocycles. The van der Waals surface area contributed by atoms with E-state index in [1.807, 2.05) is 0 Å². The fourth-order valence-electron chi connectivity index (χ4n) is 7.07. The van der Waals surface area contributed by atoms with Crippen LogP contribution in [-0.4, -0.2) is 68.3 Å². The molecule has 6 nitrogen and oxygen atoms in total. The first-order valence-electron chi connectivity index (χ1n) is 22.8. The van der Waals surface area contributed by atoms with E-state index in [0.717, 1.165) is 71.2 Å². The van der Waals surface area contributed by atoms with Gasteiger partial charge in [-0.25, -0.2) is 0 Å². The molecule has 51 heavy (non-hydrogen) atoms. The lowest BCUT2D eigenvalue weighted by molar-refractivity contribution is -0.144. The largest absolute Gasteiger partial charge is 0.466 e. The Kier molecular flexibility index (Phi) is 41.5. The third-order valence-corrected chi connectivity index (χ3v) is 10.5. The quantitative estimate of drug-likeness (QED) is 0.0383. The molecule has 0 aromatic heterocycles. The van der Waals surface area contributed by atoms with E-state index in [-0.39, 0.29) is 12.1 Å². The van der Waals surface area contributed by atoms with E-state index < -0.39 is 6.29 Å². The van der Waals surface area contributed by atoms with Gasteiger partial charge in [0.05, 0.1) is 19.3 Å². The number of esters is 1. The molecule has 0 amide bonds. The van der Waals surface area contributed by atoms with E-state index in [1.165, 1.54) is 161 Å². The van der Waals surface area contributed by atoms with E-state index >= 15 is 0 Å². The molecular weight excluding hydrogens is 634 g/mol. The topological polar surface area (TPSA) is 68.2 Å². The lowest BCUT2D eigenvalue weighted by atomic mass is 10.0. The van der Waals surface area contributed by atoms with E-state index in [2.05, 4.69) is 25.7 Å². The molecule has 0 aliphatic carbocycles. The number of carbonyl (C=O) groups excluding carboxylic acids is 1. The molecule has 0 saturated carbocycles. The van der Waals surface area contributed by atoms with Crippen LogP contribution in [0.2, 0.25) is 0 Å². The molecule has 1 N–H and O–H groups in total. The molecule has 0 rings (SSSR count). The number of ether oxygens (including phenoxy) is 3. The zero-order valence-electron chi connectivity index (χ0n) is 35.1. The van der Waals surface area contributed by atoms with Crippen molar-refractivity contribution < 1.29 is 24.1 Å². The van der Waals surface area contributed by atoms with Gasteiger partial charge in [0.15, 0.2) is 6.29 Å². The van der Waals surface area contributed by atoms with Crippen LogP contribution in [-0.2, 0) is 19.0 Å². The van der Waals surface area contributed by atoms with Crippen LogP contribution in [0.5, 0.6) is 0 Å². The smallest absolute Gasteiger partial charge is 0.305 e. The summed E-state index contributed by atoms with van der Waals surface area (Å²) < 4.78 is 17.0. The minimum atomic E-state index is -0.603. The Balaban J connectivity index is 4.02. The third kappa shape index (κ3) is 38.8. The standard InChI is InChI=1S/C45H91NO5/c1-5-8-11-14-17-26-33-41-50-44(47)36-29-22-18-24-31-38-46(40-42-49-4)39-32-25-19-23-30-37-45(48)51-43(34-27-20-15-12-9-6-2)35-28-21-16-13-10-7-3/h43,45,48H,5-42H2,1-4H3. The van der Waals surface area contributed by atoms with Gasteiger partial charge in [-0.05, 0) is 64.5 Å². The van der Waals surface area contributed by atoms with Crippen molar-refractivity contribution in [1.82, 2.24) is 4.90 Å². The first-order chi connectivity index (χ1) is 25.1. The van der Waals surface area contributed by atoms with Gasteiger partial charge in [-0.15, -0.1) is 0 Å². The van der Waals surface area contributed by atoms with Crippen LogP contribution in [0.1, 0.15) is 233 Å². The molecular formula is C45H91NO5. The van der Waals surface area contributed by atoms with E-state index in [1.54, 1.807) is 7.11 Å². The molecule has 0 aliphatic rings. The second-order valence-electron chi connectivity index (χ2n) is 15.6. The maximum Gasteiger partial charge on any atom is 0.305 e. The molecule has 6 heteroatoms. The molecule has 0 radical (unpaired) electrons. The predicted molar refractivity (Wildman–Crippen MR) is 220 cm³/mol. The Morgan fingerprint density at radius 1 is 0.490 bits per heavy atom. The average Bonchev–Trinajstić information content (AvgIpc) is 3.13. The Bertz CT molecular complexity index is 661. The molecule has 1 unspecified atom stereocenters. The van der Waals surface area contributed by atoms with Crippen LogP contribution < -0.4 is 0 Å². The number of nitrogens with zero attached hydrogens (tertiary/aromatic N) is 1. The summed E-state index contributed by atoms with van der Waals surface area (Å²) in [5.74, 6) is -0.0116. The molecule has 0 bridgehead atoms. The Labute approximate surface area is 319 Å². The van der Waals surface area contributed by atoms with Crippen LogP contribution in [0.15, 0.2) is 0 Å². The number of methoxy groups -OCH3 is 1. The summed E-state index contributed by atoms with van der Waals surface area (Å²) in [5.41, 5.74) is 0. The first kappa shape index (κ1) is 50.3. The predicted octanol–water partition coefficient (Wildman–Crippen LogP) is 13.1. The van der Waals surface area contributed by atoms with Gasteiger partial charge in [0.1, 0.15) is 0 Å². The number of aliphatic hydroxyl groups excluding tert-OH is 1. The van der Waals surface area contributed by atoms with Crippen LogP contribution in [0.25, 0.3) is 0 Å². The van der Waals surface area contributed by atoms with Crippen molar-refractivity contribution in [1.29, 1.82) is 0 Å². The van der Waals surface area contributed by atoms with Crippen molar-refractivity contribution in [2.45, 2.75) is 245 Å². The summed E-state index contributed by atoms with van der Waals surface area (Å²) in [5, 5.41) is 10.7. The summed E-state index contributed by atoms with van der Waals surface area (Å²) in [4.78, 5) is 14.6. The fourth-order valence-corrected chi connectivity index (χ4v) is 7.07. The number of hydrogen-bond donors (Lipinski definition) is 1. The highest BCUT2D eigenvalue weighted by atomic mass is 16.6. The second-order valence-corrected chi connectivity index (χ2v) is 15.6. The van der Waals surface area contributed by atoms with Gasteiger partial charge in [-0.2, -0.15) is 0 Å². The fraction of sp³-hybridized carbons (Fsp3) is 0.978. The molecule has 0 aliphatic heterocycles. The lowest BCUT2D eigenvalue weighted by Gasteiger charge is -2.22. The first-order valence-corrected chi connectivity index (χ1v) is 22.8. The molecule has 0 fully saturated rings. The molecule has 0 spiro atoms. The van der Waals surface area contributed by atoms with E-state index in [0.29, 0.717) is 13.0 Å². The van der Waals surface area contributed by atoms with Crippen molar-refractivity contribution >= 4 is 5.97 Å². The van der Waals surface area contributed by atoms with Crippen LogP contribution >= 0.6 is 0 Å². The van der Waals surface area contributed by atoms with Crippen LogP contribution in [0.4, 0.5) is 0 Å². The number of aliphatic hydroxyl groups is 1. The number of rotatable bonds is 43. The minimum absolute atomic E-state index is 0.0116. The summed E-state index contributed by atoms with van der Waals surface area (Å²) in [6, 6.07) is 0. The third-order valence-electron chi connectivity index (χ3n) is 10.5. The van der Waals surface area contributed by atoms with Crippen LogP contribution in [0.3, 0.4) is 0 Å². The highest BCUT2D eigenvalue weighted by Gasteiger charge is 2.15. The molecule has 0 aromatic carbocycles. The average molecular weight is 726 g/mol.